The lowest BCUT2D eigenvalue weighted by atomic mass is 9.56. The molecule has 212 valence electrons. The summed E-state index contributed by atoms with van der Waals surface area (Å²) in [6, 6.07) is 9.98. The molecule has 0 saturated heterocycles. The molecule has 10 heteroatoms. The van der Waals surface area contributed by atoms with E-state index in [4.69, 9.17) is 10.5 Å². The van der Waals surface area contributed by atoms with Crippen LogP contribution in [-0.2, 0) is 28.9 Å². The Morgan fingerprint density at radius 2 is 1.88 bits per heavy atom. The Morgan fingerprint density at radius 3 is 2.52 bits per heavy atom. The fraction of sp³-hybridized carbons (Fsp3) is 0.433. The van der Waals surface area contributed by atoms with Gasteiger partial charge in [-0.05, 0) is 80.6 Å². The highest BCUT2D eigenvalue weighted by molar-refractivity contribution is 6.15. The maximum Gasteiger partial charge on any atom is 0.230 e. The van der Waals surface area contributed by atoms with Gasteiger partial charge in [0.05, 0.1) is 18.8 Å². The summed E-state index contributed by atoms with van der Waals surface area (Å²) in [5, 5.41) is 44.9. The number of allylic oxidation sites excluding steroid dienone is 1. The standard InChI is InChI=1S/C30H34N2O8/c1-32(2)24-19-13-16-12-18-15(8-7-14-5-4-6-17(11-14)40-3)9-10-20(33)22(18)25(34)21(16)27(36)30(19,39)28(37)23(26(24)35)29(31)38/h4-6,9-11,16,19,23-24,26,33,35-36,39H,7-8,12-13H2,1-3H3,(H2,31,38)/t16-,19-,23?,24-,26?,30-/m0/s1. The molecule has 0 heterocycles. The third-order valence-electron chi connectivity index (χ3n) is 8.89. The number of hydrogen-bond donors (Lipinski definition) is 5. The van der Waals surface area contributed by atoms with Gasteiger partial charge in [0.1, 0.15) is 23.2 Å². The molecule has 0 aliphatic heterocycles. The number of aryl methyl sites for hydroxylation is 2. The van der Waals surface area contributed by atoms with E-state index >= 15 is 0 Å². The maximum absolute atomic E-state index is 13.8. The van der Waals surface area contributed by atoms with Crippen molar-refractivity contribution in [1.82, 2.24) is 4.90 Å². The lowest BCUT2D eigenvalue weighted by molar-refractivity contribution is -0.178. The molecular formula is C30H34N2O8. The molecule has 1 amide bonds. The largest absolute Gasteiger partial charge is 0.508 e. The summed E-state index contributed by atoms with van der Waals surface area (Å²) in [5.74, 6) is -6.66. The van der Waals surface area contributed by atoms with Crippen LogP contribution in [0.25, 0.3) is 0 Å². The van der Waals surface area contributed by atoms with E-state index in [9.17, 15) is 34.8 Å². The summed E-state index contributed by atoms with van der Waals surface area (Å²) >= 11 is 0. The van der Waals surface area contributed by atoms with Crippen molar-refractivity contribution in [2.75, 3.05) is 21.2 Å². The van der Waals surface area contributed by atoms with E-state index in [0.29, 0.717) is 18.4 Å². The smallest absolute Gasteiger partial charge is 0.230 e. The molecule has 2 aromatic carbocycles. The number of carbonyl (C=O) groups is 3. The lowest BCUT2D eigenvalue weighted by Crippen LogP contribution is -2.71. The molecule has 6 N–H and O–H groups in total. The first-order chi connectivity index (χ1) is 18.9. The van der Waals surface area contributed by atoms with Gasteiger partial charge in [-0.25, -0.2) is 0 Å². The van der Waals surface area contributed by atoms with Gasteiger partial charge < -0.3 is 35.8 Å². The zero-order valence-corrected chi connectivity index (χ0v) is 22.6. The summed E-state index contributed by atoms with van der Waals surface area (Å²) in [7, 11) is 4.86. The average Bonchev–Trinajstić information content (AvgIpc) is 2.90. The summed E-state index contributed by atoms with van der Waals surface area (Å²) < 4.78 is 5.31. The average molecular weight is 551 g/mol. The third-order valence-corrected chi connectivity index (χ3v) is 8.89. The Hall–Kier alpha value is -3.73. The van der Waals surface area contributed by atoms with E-state index in [1.54, 1.807) is 32.2 Å². The Labute approximate surface area is 231 Å². The van der Waals surface area contributed by atoms with Crippen molar-refractivity contribution in [3.05, 3.63) is 70.0 Å². The lowest BCUT2D eigenvalue weighted by Gasteiger charge is -2.53. The molecule has 0 bridgehead atoms. The van der Waals surface area contributed by atoms with Crippen LogP contribution in [0.5, 0.6) is 11.5 Å². The number of ketones is 2. The highest BCUT2D eigenvalue weighted by Gasteiger charge is 2.66. The molecular weight excluding hydrogens is 516 g/mol. The van der Waals surface area contributed by atoms with Crippen molar-refractivity contribution in [3.63, 3.8) is 0 Å². The minimum absolute atomic E-state index is 0.0295. The van der Waals surface area contributed by atoms with Crippen LogP contribution < -0.4 is 10.5 Å². The van der Waals surface area contributed by atoms with Crippen LogP contribution in [0.3, 0.4) is 0 Å². The van der Waals surface area contributed by atoms with Gasteiger partial charge in [0, 0.05) is 17.5 Å². The number of amides is 1. The van der Waals surface area contributed by atoms with E-state index in [2.05, 4.69) is 0 Å². The zero-order valence-electron chi connectivity index (χ0n) is 22.6. The SMILES string of the molecule is COc1cccc(CCc2ccc(O)c3c2C[C@H]2C[C@H]4[C@H](N(C)C)C(O)C(C(N)=O)C(=O)[C@@]4(O)C(O)=C2C3=O)c1. The number of methoxy groups -OCH3 is 1. The second-order valence-electron chi connectivity index (χ2n) is 11.2. The Balaban J connectivity index is 1.58. The molecule has 6 atom stereocenters. The molecule has 10 nitrogen and oxygen atoms in total. The van der Waals surface area contributed by atoms with Gasteiger partial charge in [-0.3, -0.25) is 14.4 Å². The minimum Gasteiger partial charge on any atom is -0.508 e. The number of rotatable bonds is 6. The van der Waals surface area contributed by atoms with Gasteiger partial charge in [0.15, 0.2) is 17.2 Å². The van der Waals surface area contributed by atoms with Crippen molar-refractivity contribution < 1.29 is 39.5 Å². The molecule has 0 radical (unpaired) electrons. The quantitative estimate of drug-likeness (QED) is 0.330. The highest BCUT2D eigenvalue weighted by Crippen LogP contribution is 2.52. The zero-order chi connectivity index (χ0) is 29.1. The van der Waals surface area contributed by atoms with E-state index in [-0.39, 0.29) is 29.7 Å². The number of benzene rings is 2. The number of aromatic hydroxyl groups is 1. The molecule has 3 aliphatic rings. The van der Waals surface area contributed by atoms with Crippen LogP contribution in [0, 0.1) is 17.8 Å². The number of carbonyl (C=O) groups excluding carboxylic acids is 3. The van der Waals surface area contributed by atoms with Crippen LogP contribution >= 0.6 is 0 Å². The highest BCUT2D eigenvalue weighted by atomic mass is 16.5. The first-order valence-corrected chi connectivity index (χ1v) is 13.3. The van der Waals surface area contributed by atoms with Crippen molar-refractivity contribution in [2.24, 2.45) is 23.5 Å². The monoisotopic (exact) mass is 550 g/mol. The number of aliphatic hydroxyl groups excluding tert-OH is 2. The number of phenols is 1. The number of aliphatic hydroxyl groups is 3. The maximum atomic E-state index is 13.8. The predicted molar refractivity (Wildman–Crippen MR) is 144 cm³/mol. The molecule has 0 spiro atoms. The number of primary amides is 1. The Kier molecular flexibility index (Phi) is 6.98. The number of Topliss-reactive ketones (excluding diaryl/α,β-unsaturated/α-hetero) is 2. The number of nitrogens with zero attached hydrogens (tertiary/aromatic N) is 1. The van der Waals surface area contributed by atoms with Crippen molar-refractivity contribution in [1.29, 1.82) is 0 Å². The van der Waals surface area contributed by atoms with Gasteiger partial charge >= 0.3 is 0 Å². The minimum atomic E-state index is -2.59. The summed E-state index contributed by atoms with van der Waals surface area (Å²) in [6.07, 6.45) is 0.0866. The molecule has 40 heavy (non-hydrogen) atoms. The predicted octanol–water partition coefficient (Wildman–Crippen LogP) is 1.08. The molecule has 3 aliphatic carbocycles. The van der Waals surface area contributed by atoms with Crippen LogP contribution in [-0.4, -0.2) is 81.8 Å². The van der Waals surface area contributed by atoms with Gasteiger partial charge in [0.25, 0.3) is 0 Å². The first kappa shape index (κ1) is 27.8. The second kappa shape index (κ2) is 10.0. The van der Waals surface area contributed by atoms with Crippen LogP contribution in [0.2, 0.25) is 0 Å². The Morgan fingerprint density at radius 1 is 1.15 bits per heavy atom. The number of likely N-dealkylation sites (N-methyl/N-ethyl adjacent to an activating group) is 1. The third kappa shape index (κ3) is 4.09. The Bertz CT molecular complexity index is 1430. The van der Waals surface area contributed by atoms with E-state index in [1.165, 1.54) is 6.07 Å². The van der Waals surface area contributed by atoms with Crippen molar-refractivity contribution in [3.8, 4) is 11.5 Å². The van der Waals surface area contributed by atoms with Gasteiger partial charge in [0.2, 0.25) is 5.91 Å². The molecule has 2 unspecified atom stereocenters. The number of phenolic OH excluding ortho intramolecular Hbond substituents is 1. The molecule has 1 saturated carbocycles. The molecule has 5 rings (SSSR count). The van der Waals surface area contributed by atoms with Crippen LogP contribution in [0.1, 0.15) is 33.5 Å². The van der Waals surface area contributed by atoms with E-state index < -0.39 is 58.7 Å². The molecule has 2 aromatic rings. The van der Waals surface area contributed by atoms with Crippen molar-refractivity contribution >= 4 is 17.5 Å². The van der Waals surface area contributed by atoms with Gasteiger partial charge in [-0.2, -0.15) is 0 Å². The fourth-order valence-corrected chi connectivity index (χ4v) is 7.01. The fourth-order valence-electron chi connectivity index (χ4n) is 7.01. The normalized spacial score (nSPS) is 29.6. The van der Waals surface area contributed by atoms with E-state index in [1.807, 2.05) is 24.3 Å². The van der Waals surface area contributed by atoms with Crippen LogP contribution in [0.15, 0.2) is 47.7 Å². The first-order valence-electron chi connectivity index (χ1n) is 13.3. The van der Waals surface area contributed by atoms with Gasteiger partial charge in [-0.1, -0.05) is 18.2 Å². The number of hydrogen-bond acceptors (Lipinski definition) is 9. The summed E-state index contributed by atoms with van der Waals surface area (Å²) in [6.45, 7) is 0. The second-order valence-corrected chi connectivity index (χ2v) is 11.2. The topological polar surface area (TPSA) is 171 Å². The molecule has 0 aromatic heterocycles. The number of ether oxygens (including phenoxy) is 1. The van der Waals surface area contributed by atoms with E-state index in [0.717, 1.165) is 16.9 Å². The number of fused-ring (bicyclic) bond motifs is 3. The van der Waals surface area contributed by atoms with Crippen molar-refractivity contribution in [2.45, 2.75) is 43.4 Å². The van der Waals surface area contributed by atoms with Gasteiger partial charge in [-0.15, -0.1) is 0 Å². The summed E-state index contributed by atoms with van der Waals surface area (Å²) in [5.41, 5.74) is 5.26. The number of nitrogens with two attached hydrogens (primary N) is 1. The summed E-state index contributed by atoms with van der Waals surface area (Å²) in [4.78, 5) is 41.0. The molecule has 1 fully saturated rings. The van der Waals surface area contributed by atoms with Crippen LogP contribution in [0.4, 0.5) is 0 Å².